The van der Waals surface area contributed by atoms with E-state index < -0.39 is 6.10 Å². The van der Waals surface area contributed by atoms with E-state index in [2.05, 4.69) is 0 Å². The highest BCUT2D eigenvalue weighted by atomic mass is 16.7. The second kappa shape index (κ2) is 8.60. The molecule has 90 valence electrons. The van der Waals surface area contributed by atoms with Gasteiger partial charge in [0.1, 0.15) is 6.10 Å². The summed E-state index contributed by atoms with van der Waals surface area (Å²) >= 11 is 0. The van der Waals surface area contributed by atoms with Crippen molar-refractivity contribution in [1.82, 2.24) is 5.06 Å². The van der Waals surface area contributed by atoms with Crippen molar-refractivity contribution in [3.8, 4) is 0 Å². The number of carbonyl (C=O) groups excluding carboxylic acids is 1. The molecule has 0 atom stereocenters. The Morgan fingerprint density at radius 2 is 2.07 bits per heavy atom. The van der Waals surface area contributed by atoms with Gasteiger partial charge in [-0.05, 0) is 13.3 Å². The van der Waals surface area contributed by atoms with Crippen LogP contribution in [0.2, 0.25) is 0 Å². The Kier molecular flexibility index (Phi) is 8.21. The van der Waals surface area contributed by atoms with Gasteiger partial charge in [-0.15, -0.1) is 0 Å². The fourth-order valence-corrected chi connectivity index (χ4v) is 0.973. The van der Waals surface area contributed by atoms with Crippen LogP contribution in [-0.4, -0.2) is 58.8 Å². The van der Waals surface area contributed by atoms with E-state index in [0.29, 0.717) is 13.0 Å². The van der Waals surface area contributed by atoms with E-state index in [9.17, 15) is 4.79 Å². The van der Waals surface area contributed by atoms with Crippen LogP contribution in [-0.2, 0) is 9.63 Å². The molecule has 6 nitrogen and oxygen atoms in total. The van der Waals surface area contributed by atoms with Gasteiger partial charge in [0.05, 0.1) is 19.8 Å². The number of aliphatic hydroxyl groups is 3. The first-order valence-electron chi connectivity index (χ1n) is 4.98. The van der Waals surface area contributed by atoms with Gasteiger partial charge in [-0.3, -0.25) is 9.63 Å². The van der Waals surface area contributed by atoms with Crippen molar-refractivity contribution in [3.63, 3.8) is 0 Å². The van der Waals surface area contributed by atoms with Crippen molar-refractivity contribution < 1.29 is 25.0 Å². The lowest BCUT2D eigenvalue weighted by molar-refractivity contribution is -0.175. The molecule has 0 aromatic carbocycles. The quantitative estimate of drug-likeness (QED) is 0.560. The Morgan fingerprint density at radius 3 is 2.33 bits per heavy atom. The SMILES string of the molecule is CCON1CCCC1=O.OCC(O)CO. The average molecular weight is 221 g/mol. The van der Waals surface area contributed by atoms with Gasteiger partial charge in [-0.25, -0.2) is 5.06 Å². The second-order valence-corrected chi connectivity index (χ2v) is 3.04. The Labute approximate surface area is 89.0 Å². The molecule has 1 rings (SSSR count). The predicted molar refractivity (Wildman–Crippen MR) is 52.8 cm³/mol. The van der Waals surface area contributed by atoms with Crippen LogP contribution in [0.1, 0.15) is 19.8 Å². The summed E-state index contributed by atoms with van der Waals surface area (Å²) in [6.45, 7) is 2.51. The van der Waals surface area contributed by atoms with Crippen LogP contribution < -0.4 is 0 Å². The summed E-state index contributed by atoms with van der Waals surface area (Å²) in [6.07, 6.45) is 0.642. The molecule has 1 aliphatic rings. The van der Waals surface area contributed by atoms with E-state index in [1.165, 1.54) is 5.06 Å². The van der Waals surface area contributed by atoms with Crippen LogP contribution >= 0.6 is 0 Å². The van der Waals surface area contributed by atoms with Crippen molar-refractivity contribution in [1.29, 1.82) is 0 Å². The molecule has 0 unspecified atom stereocenters. The zero-order chi connectivity index (χ0) is 11.7. The zero-order valence-corrected chi connectivity index (χ0v) is 8.93. The number of hydrogen-bond acceptors (Lipinski definition) is 5. The van der Waals surface area contributed by atoms with Gasteiger partial charge in [-0.2, -0.15) is 0 Å². The summed E-state index contributed by atoms with van der Waals surface area (Å²) in [6, 6.07) is 0. The van der Waals surface area contributed by atoms with Gasteiger partial charge in [0, 0.05) is 13.0 Å². The molecule has 3 N–H and O–H groups in total. The second-order valence-electron chi connectivity index (χ2n) is 3.04. The molecule has 0 aromatic heterocycles. The molecular weight excluding hydrogens is 202 g/mol. The van der Waals surface area contributed by atoms with Crippen LogP contribution in [0.4, 0.5) is 0 Å². The first kappa shape index (κ1) is 14.3. The summed E-state index contributed by atoms with van der Waals surface area (Å²) in [5.41, 5.74) is 0. The minimum Gasteiger partial charge on any atom is -0.394 e. The largest absolute Gasteiger partial charge is 0.394 e. The molecule has 0 aromatic rings. The first-order valence-corrected chi connectivity index (χ1v) is 4.98. The molecule has 0 spiro atoms. The summed E-state index contributed by atoms with van der Waals surface area (Å²) in [7, 11) is 0. The number of nitrogens with zero attached hydrogens (tertiary/aromatic N) is 1. The molecule has 1 saturated heterocycles. The number of amides is 1. The summed E-state index contributed by atoms with van der Waals surface area (Å²) in [5, 5.41) is 25.5. The molecule has 1 aliphatic heterocycles. The van der Waals surface area contributed by atoms with Crippen molar-refractivity contribution in [2.75, 3.05) is 26.4 Å². The van der Waals surface area contributed by atoms with E-state index in [-0.39, 0.29) is 19.1 Å². The molecule has 1 amide bonds. The fourth-order valence-electron chi connectivity index (χ4n) is 0.973. The molecule has 6 heteroatoms. The summed E-state index contributed by atoms with van der Waals surface area (Å²) < 4.78 is 0. The highest BCUT2D eigenvalue weighted by Gasteiger charge is 2.19. The van der Waals surface area contributed by atoms with Crippen LogP contribution in [0.5, 0.6) is 0 Å². The molecule has 1 heterocycles. The Bertz CT molecular complexity index is 172. The highest BCUT2D eigenvalue weighted by Crippen LogP contribution is 2.08. The Hall–Kier alpha value is -0.690. The van der Waals surface area contributed by atoms with Gasteiger partial charge in [0.15, 0.2) is 0 Å². The van der Waals surface area contributed by atoms with E-state index in [1.807, 2.05) is 6.92 Å². The van der Waals surface area contributed by atoms with Gasteiger partial charge in [-0.1, -0.05) is 0 Å². The smallest absolute Gasteiger partial charge is 0.246 e. The zero-order valence-electron chi connectivity index (χ0n) is 8.93. The minimum absolute atomic E-state index is 0.122. The number of rotatable bonds is 4. The van der Waals surface area contributed by atoms with Gasteiger partial charge in [0.25, 0.3) is 0 Å². The average Bonchev–Trinajstić information content (AvgIpc) is 2.65. The fraction of sp³-hybridized carbons (Fsp3) is 0.889. The van der Waals surface area contributed by atoms with Crippen LogP contribution in [0.25, 0.3) is 0 Å². The number of hydrogen-bond donors (Lipinski definition) is 3. The Morgan fingerprint density at radius 1 is 1.47 bits per heavy atom. The van der Waals surface area contributed by atoms with Crippen molar-refractivity contribution in [2.45, 2.75) is 25.9 Å². The van der Waals surface area contributed by atoms with Crippen molar-refractivity contribution in [2.24, 2.45) is 0 Å². The summed E-state index contributed by atoms with van der Waals surface area (Å²) in [5.74, 6) is 0.122. The lowest BCUT2D eigenvalue weighted by Crippen LogP contribution is -2.24. The normalized spacial score (nSPS) is 15.5. The van der Waals surface area contributed by atoms with E-state index >= 15 is 0 Å². The predicted octanol–water partition coefficient (Wildman–Crippen LogP) is -1.11. The van der Waals surface area contributed by atoms with Gasteiger partial charge >= 0.3 is 0 Å². The van der Waals surface area contributed by atoms with E-state index in [0.717, 1.165) is 13.0 Å². The monoisotopic (exact) mass is 221 g/mol. The summed E-state index contributed by atoms with van der Waals surface area (Å²) in [4.78, 5) is 15.8. The van der Waals surface area contributed by atoms with E-state index in [4.69, 9.17) is 20.2 Å². The highest BCUT2D eigenvalue weighted by molar-refractivity contribution is 5.76. The standard InChI is InChI=1S/C6H11NO2.C3H8O3/c1-2-9-7-5-3-4-6(7)8;4-1-3(6)2-5/h2-5H2,1H3;3-6H,1-2H2. The molecule has 1 fully saturated rings. The first-order chi connectivity index (χ1) is 7.15. The lowest BCUT2D eigenvalue weighted by atomic mass is 10.4. The third-order valence-electron chi connectivity index (χ3n) is 1.74. The van der Waals surface area contributed by atoms with Crippen molar-refractivity contribution >= 4 is 5.91 Å². The van der Waals surface area contributed by atoms with Crippen molar-refractivity contribution in [3.05, 3.63) is 0 Å². The maximum Gasteiger partial charge on any atom is 0.246 e. The third-order valence-corrected chi connectivity index (χ3v) is 1.74. The number of carbonyl (C=O) groups is 1. The van der Waals surface area contributed by atoms with Crippen LogP contribution in [0.15, 0.2) is 0 Å². The minimum atomic E-state index is -0.954. The molecule has 0 aliphatic carbocycles. The molecule has 15 heavy (non-hydrogen) atoms. The molecule has 0 saturated carbocycles. The maximum absolute atomic E-state index is 10.8. The third kappa shape index (κ3) is 6.40. The topological polar surface area (TPSA) is 90.2 Å². The number of hydroxylamine groups is 2. The maximum atomic E-state index is 10.8. The van der Waals surface area contributed by atoms with Gasteiger partial charge < -0.3 is 15.3 Å². The Balaban J connectivity index is 0.000000288. The van der Waals surface area contributed by atoms with Crippen LogP contribution in [0.3, 0.4) is 0 Å². The lowest BCUT2D eigenvalue weighted by Gasteiger charge is -2.12. The molecular formula is C9H19NO5. The van der Waals surface area contributed by atoms with E-state index in [1.54, 1.807) is 0 Å². The van der Waals surface area contributed by atoms with Crippen LogP contribution in [0, 0.1) is 0 Å². The molecule has 0 bridgehead atoms. The van der Waals surface area contributed by atoms with Gasteiger partial charge in [0.2, 0.25) is 5.91 Å². The molecule has 0 radical (unpaired) electrons. The number of aliphatic hydroxyl groups excluding tert-OH is 3.